The first-order valence-corrected chi connectivity index (χ1v) is 12.6. The molecule has 0 saturated carbocycles. The smallest absolute Gasteiger partial charge is 0.141 e. The van der Waals surface area contributed by atoms with E-state index in [9.17, 15) is 9.59 Å². The lowest BCUT2D eigenvalue weighted by molar-refractivity contribution is -0.105. The molecule has 4 heteroatoms. The molecule has 0 radical (unpaired) electrons. The van der Waals surface area contributed by atoms with Crippen LogP contribution in [0.15, 0.2) is 47.8 Å². The van der Waals surface area contributed by atoms with E-state index in [0.29, 0.717) is 10.4 Å². The summed E-state index contributed by atoms with van der Waals surface area (Å²) in [4.78, 5) is 21.9. The lowest BCUT2D eigenvalue weighted by Crippen LogP contribution is -2.47. The number of carbonyl (C=O) groups is 2. The fraction of sp³-hybridized carbons (Fsp3) is 0.250. The second kappa shape index (κ2) is 5.85. The van der Waals surface area contributed by atoms with Crippen LogP contribution < -0.4 is 10.4 Å². The Kier molecular flexibility index (Phi) is 4.83. The van der Waals surface area contributed by atoms with Crippen LogP contribution in [-0.4, -0.2) is 28.7 Å². The zero-order valence-electron chi connectivity index (χ0n) is 12.7. The summed E-state index contributed by atoms with van der Waals surface area (Å²) in [5.41, 5.74) is 0. The molecule has 2 nitrogen and oxygen atoms in total. The number of rotatable bonds is 6. The normalized spacial score (nSPS) is 11.8. The molecule has 20 heavy (non-hydrogen) atoms. The maximum atomic E-state index is 11.0. The van der Waals surface area contributed by atoms with E-state index < -0.39 is 16.1 Å². The monoisotopic (exact) mass is 302 g/mol. The van der Waals surface area contributed by atoms with Crippen molar-refractivity contribution in [2.75, 3.05) is 0 Å². The molecule has 0 aliphatic carbocycles. The highest BCUT2D eigenvalue weighted by molar-refractivity contribution is 6.99. The molecule has 0 spiro atoms. The second-order valence-corrected chi connectivity index (χ2v) is 15.1. The van der Waals surface area contributed by atoms with Crippen LogP contribution in [0.5, 0.6) is 0 Å². The molecule has 0 N–H and O–H groups in total. The Morgan fingerprint density at radius 1 is 0.800 bits per heavy atom. The van der Waals surface area contributed by atoms with Gasteiger partial charge in [0.15, 0.2) is 0 Å². The van der Waals surface area contributed by atoms with Crippen LogP contribution in [0, 0.1) is 0 Å². The fourth-order valence-corrected chi connectivity index (χ4v) is 5.30. The average molecular weight is 303 g/mol. The molecular formula is C16H22O2Si2. The lowest BCUT2D eigenvalue weighted by Gasteiger charge is -2.26. The van der Waals surface area contributed by atoms with Gasteiger partial charge in [-0.25, -0.2) is 0 Å². The highest BCUT2D eigenvalue weighted by atomic mass is 28.3. The molecule has 0 amide bonds. The number of hydrogen-bond donors (Lipinski definition) is 0. The van der Waals surface area contributed by atoms with Crippen molar-refractivity contribution in [3.05, 3.63) is 47.8 Å². The van der Waals surface area contributed by atoms with E-state index in [0.717, 1.165) is 12.6 Å². The van der Waals surface area contributed by atoms with E-state index in [2.05, 4.69) is 63.6 Å². The first kappa shape index (κ1) is 16.5. The fourth-order valence-electron chi connectivity index (χ4n) is 1.97. The summed E-state index contributed by atoms with van der Waals surface area (Å²) >= 11 is 0. The van der Waals surface area contributed by atoms with E-state index in [4.69, 9.17) is 0 Å². The Bertz CT molecular complexity index is 503. The van der Waals surface area contributed by atoms with Crippen LogP contribution in [-0.2, 0) is 9.59 Å². The predicted octanol–water partition coefficient (Wildman–Crippen LogP) is 2.11. The third-order valence-corrected chi connectivity index (χ3v) is 11.2. The molecule has 0 aliphatic rings. The van der Waals surface area contributed by atoms with Crippen molar-refractivity contribution < 1.29 is 9.59 Å². The highest BCUT2D eigenvalue weighted by Crippen LogP contribution is 2.14. The zero-order valence-corrected chi connectivity index (χ0v) is 14.7. The Morgan fingerprint density at radius 2 is 1.05 bits per heavy atom. The summed E-state index contributed by atoms with van der Waals surface area (Å²) in [7, 11) is -3.88. The molecular weight excluding hydrogens is 280 g/mol. The van der Waals surface area contributed by atoms with Crippen molar-refractivity contribution in [2.45, 2.75) is 26.2 Å². The first-order chi connectivity index (χ1) is 9.17. The van der Waals surface area contributed by atoms with Crippen LogP contribution in [0.25, 0.3) is 0 Å². The lowest BCUT2D eigenvalue weighted by atomic mass is 10.4. The molecule has 0 fully saturated rings. The van der Waals surface area contributed by atoms with Gasteiger partial charge in [-0.05, 0) is 10.4 Å². The van der Waals surface area contributed by atoms with Crippen LogP contribution in [0.3, 0.4) is 0 Å². The number of allylic oxidation sites excluding steroid dienone is 2. The van der Waals surface area contributed by atoms with Gasteiger partial charge in [-0.1, -0.05) is 74.0 Å². The van der Waals surface area contributed by atoms with E-state index in [1.54, 1.807) is 0 Å². The van der Waals surface area contributed by atoms with Crippen LogP contribution in [0.1, 0.15) is 0 Å². The standard InChI is InChI=1S/C16H22O2Si2/c1-13(11-17)19(3,4)15-7-9-16(10-8-15)20(5,6)14(2)12-18/h7-12H,1-2H2,3-6H3. The van der Waals surface area contributed by atoms with Gasteiger partial charge in [0.05, 0.1) is 0 Å². The molecule has 1 aromatic carbocycles. The molecule has 1 aromatic rings. The molecule has 0 bridgehead atoms. The minimum atomic E-state index is -1.94. The third-order valence-electron chi connectivity index (χ3n) is 4.22. The molecule has 106 valence electrons. The molecule has 0 saturated heterocycles. The summed E-state index contributed by atoms with van der Waals surface area (Å²) in [6, 6.07) is 8.29. The largest absolute Gasteiger partial charge is 0.299 e. The molecule has 1 rings (SSSR count). The summed E-state index contributed by atoms with van der Waals surface area (Å²) in [5, 5.41) is 3.75. The third kappa shape index (κ3) is 2.96. The SMILES string of the molecule is C=C(C=O)[Si](C)(C)c1ccc([Si](C)(C)C(=C)C=O)cc1. The Labute approximate surface area is 123 Å². The van der Waals surface area contributed by atoms with Crippen molar-refractivity contribution in [1.82, 2.24) is 0 Å². The van der Waals surface area contributed by atoms with Gasteiger partial charge in [-0.2, -0.15) is 0 Å². The molecule has 0 atom stereocenters. The number of aldehydes is 2. The van der Waals surface area contributed by atoms with Gasteiger partial charge in [-0.15, -0.1) is 0 Å². The van der Waals surface area contributed by atoms with Crippen molar-refractivity contribution >= 4 is 39.1 Å². The van der Waals surface area contributed by atoms with E-state index in [1.807, 2.05) is 0 Å². The van der Waals surface area contributed by atoms with Gasteiger partial charge < -0.3 is 0 Å². The first-order valence-electron chi connectivity index (χ1n) is 6.58. The van der Waals surface area contributed by atoms with Gasteiger partial charge in [0, 0.05) is 0 Å². The Hall–Kier alpha value is -1.53. The van der Waals surface area contributed by atoms with E-state index in [-0.39, 0.29) is 0 Å². The number of hydrogen-bond acceptors (Lipinski definition) is 2. The van der Waals surface area contributed by atoms with Crippen molar-refractivity contribution in [3.8, 4) is 0 Å². The minimum absolute atomic E-state index is 0.694. The average Bonchev–Trinajstić information content (AvgIpc) is 2.45. The van der Waals surface area contributed by atoms with Gasteiger partial charge in [0.25, 0.3) is 0 Å². The van der Waals surface area contributed by atoms with Gasteiger partial charge in [-0.3, -0.25) is 9.59 Å². The van der Waals surface area contributed by atoms with E-state index in [1.165, 1.54) is 10.4 Å². The Morgan fingerprint density at radius 3 is 1.25 bits per heavy atom. The number of carbonyl (C=O) groups excluding carboxylic acids is 2. The van der Waals surface area contributed by atoms with Gasteiger partial charge in [0.1, 0.15) is 28.7 Å². The predicted molar refractivity (Wildman–Crippen MR) is 91.1 cm³/mol. The quantitative estimate of drug-likeness (QED) is 0.458. The van der Waals surface area contributed by atoms with E-state index >= 15 is 0 Å². The molecule has 0 unspecified atom stereocenters. The van der Waals surface area contributed by atoms with Crippen LogP contribution >= 0.6 is 0 Å². The van der Waals surface area contributed by atoms with Gasteiger partial charge in [0.2, 0.25) is 0 Å². The van der Waals surface area contributed by atoms with Gasteiger partial charge >= 0.3 is 0 Å². The van der Waals surface area contributed by atoms with Crippen LogP contribution in [0.2, 0.25) is 26.2 Å². The minimum Gasteiger partial charge on any atom is -0.299 e. The Balaban J connectivity index is 3.18. The maximum absolute atomic E-state index is 11.0. The zero-order chi connectivity index (χ0) is 15.6. The summed E-state index contributed by atoms with van der Waals surface area (Å²) in [6.45, 7) is 16.2. The maximum Gasteiger partial charge on any atom is 0.141 e. The van der Waals surface area contributed by atoms with Crippen molar-refractivity contribution in [2.24, 2.45) is 0 Å². The summed E-state index contributed by atoms with van der Waals surface area (Å²) in [6.07, 6.45) is 1.74. The van der Waals surface area contributed by atoms with Crippen LogP contribution in [0.4, 0.5) is 0 Å². The second-order valence-electron chi connectivity index (χ2n) is 6.11. The topological polar surface area (TPSA) is 34.1 Å². The summed E-state index contributed by atoms with van der Waals surface area (Å²) < 4.78 is 0. The number of benzene rings is 1. The van der Waals surface area contributed by atoms with Crippen molar-refractivity contribution in [3.63, 3.8) is 0 Å². The highest BCUT2D eigenvalue weighted by Gasteiger charge is 2.29. The molecule has 0 heterocycles. The molecule has 0 aromatic heterocycles. The van der Waals surface area contributed by atoms with Crippen molar-refractivity contribution in [1.29, 1.82) is 0 Å². The molecule has 0 aliphatic heterocycles. The summed E-state index contributed by atoms with van der Waals surface area (Å²) in [5.74, 6) is 0.